The maximum Gasteiger partial charge on any atom is 0.251 e. The molecule has 4 aromatic rings. The molecule has 0 aliphatic carbocycles. The summed E-state index contributed by atoms with van der Waals surface area (Å²) in [6.07, 6.45) is 4.91. The van der Waals surface area contributed by atoms with Crippen molar-refractivity contribution in [3.63, 3.8) is 0 Å². The lowest BCUT2D eigenvalue weighted by molar-refractivity contribution is -0.123. The Bertz CT molecular complexity index is 1430. The van der Waals surface area contributed by atoms with Crippen molar-refractivity contribution >= 4 is 22.6 Å². The quantitative estimate of drug-likeness (QED) is 0.126. The fourth-order valence-corrected chi connectivity index (χ4v) is 5.57. The first kappa shape index (κ1) is 32.9. The van der Waals surface area contributed by atoms with Gasteiger partial charge in [0, 0.05) is 44.1 Å². The summed E-state index contributed by atoms with van der Waals surface area (Å²) in [5.74, 6) is 1.60. The molecule has 2 amide bonds. The van der Waals surface area contributed by atoms with Gasteiger partial charge in [0.15, 0.2) is 0 Å². The second-order valence-corrected chi connectivity index (χ2v) is 12.4. The first-order chi connectivity index (χ1) is 21.3. The summed E-state index contributed by atoms with van der Waals surface area (Å²) in [6.45, 7) is 13.6. The Morgan fingerprint density at radius 3 is 2.30 bits per heavy atom. The Hall–Kier alpha value is -4.01. The van der Waals surface area contributed by atoms with Crippen LogP contribution in [0.2, 0.25) is 0 Å². The fourth-order valence-electron chi connectivity index (χ4n) is 5.57. The third-order valence-electron chi connectivity index (χ3n) is 7.56. The number of H-pyrrole nitrogens is 1. The van der Waals surface area contributed by atoms with E-state index in [2.05, 4.69) is 76.7 Å². The van der Waals surface area contributed by atoms with Gasteiger partial charge in [-0.25, -0.2) is 4.98 Å². The van der Waals surface area contributed by atoms with Gasteiger partial charge >= 0.3 is 0 Å². The second-order valence-electron chi connectivity index (χ2n) is 12.4. The number of fused-ring (bicyclic) bond motifs is 1. The number of rotatable bonds is 17. The van der Waals surface area contributed by atoms with Crippen LogP contribution in [0, 0.1) is 11.8 Å². The minimum absolute atomic E-state index is 0.163. The molecule has 0 saturated carbocycles. The van der Waals surface area contributed by atoms with Crippen LogP contribution in [0.15, 0.2) is 79.1 Å². The highest BCUT2D eigenvalue weighted by Gasteiger charge is 2.22. The monoisotopic (exact) mass is 596 g/mol. The topological polar surface area (TPSA) is 102 Å². The molecule has 0 fully saturated rings. The molecule has 3 aromatic carbocycles. The zero-order valence-electron chi connectivity index (χ0n) is 26.6. The van der Waals surface area contributed by atoms with E-state index in [1.807, 2.05) is 48.5 Å². The van der Waals surface area contributed by atoms with Gasteiger partial charge in [-0.3, -0.25) is 9.59 Å². The van der Waals surface area contributed by atoms with Gasteiger partial charge in [0.1, 0.15) is 11.9 Å². The SMILES string of the molecule is CC(C)CN(CCC[C@H](NC(=O)c1ccc(CNCc2ncc[nH]2)cc1)C(=O)NCc1cccc2ccccc12)CC(C)C. The highest BCUT2D eigenvalue weighted by atomic mass is 16.2. The van der Waals surface area contributed by atoms with Crippen molar-refractivity contribution in [1.29, 1.82) is 0 Å². The molecule has 234 valence electrons. The van der Waals surface area contributed by atoms with E-state index in [9.17, 15) is 9.59 Å². The van der Waals surface area contributed by atoms with Gasteiger partial charge in [-0.05, 0) is 65.3 Å². The van der Waals surface area contributed by atoms with Crippen molar-refractivity contribution in [3.8, 4) is 0 Å². The number of hydrogen-bond acceptors (Lipinski definition) is 5. The number of carbonyl (C=O) groups excluding carboxylic acids is 2. The first-order valence-electron chi connectivity index (χ1n) is 15.8. The number of aromatic amines is 1. The summed E-state index contributed by atoms with van der Waals surface area (Å²) >= 11 is 0. The Morgan fingerprint density at radius 2 is 1.59 bits per heavy atom. The number of hydrogen-bond donors (Lipinski definition) is 4. The van der Waals surface area contributed by atoms with E-state index >= 15 is 0 Å². The standard InChI is InChI=1S/C36H48N6O2/c1-26(2)24-42(25-27(3)4)20-8-13-33(36(44)40-22-31-11-7-10-29-9-5-6-12-32(29)31)41-35(43)30-16-14-28(15-17-30)21-37-23-34-38-18-19-39-34/h5-7,9-12,14-19,26-27,33,37H,8,13,20-25H2,1-4H3,(H,38,39)(H,40,44)(H,41,43)/t33-/m0/s1. The molecule has 44 heavy (non-hydrogen) atoms. The summed E-state index contributed by atoms with van der Waals surface area (Å²) in [4.78, 5) is 36.7. The van der Waals surface area contributed by atoms with Crippen molar-refractivity contribution < 1.29 is 9.59 Å². The molecule has 0 bridgehead atoms. The van der Waals surface area contributed by atoms with Crippen molar-refractivity contribution in [3.05, 3.63) is 102 Å². The maximum atomic E-state index is 13.6. The van der Waals surface area contributed by atoms with E-state index in [1.165, 1.54) is 0 Å². The second kappa shape index (κ2) is 16.7. The lowest BCUT2D eigenvalue weighted by Gasteiger charge is -2.27. The molecule has 1 aromatic heterocycles. The van der Waals surface area contributed by atoms with E-state index in [-0.39, 0.29) is 11.8 Å². The lowest BCUT2D eigenvalue weighted by Crippen LogP contribution is -2.47. The first-order valence-corrected chi connectivity index (χ1v) is 15.8. The van der Waals surface area contributed by atoms with Crippen LogP contribution in [-0.4, -0.2) is 52.4 Å². The predicted octanol–water partition coefficient (Wildman–Crippen LogP) is 5.66. The van der Waals surface area contributed by atoms with Gasteiger partial charge in [0.2, 0.25) is 5.91 Å². The van der Waals surface area contributed by atoms with Gasteiger partial charge < -0.3 is 25.8 Å². The van der Waals surface area contributed by atoms with Crippen LogP contribution < -0.4 is 16.0 Å². The molecule has 4 N–H and O–H groups in total. The highest BCUT2D eigenvalue weighted by molar-refractivity contribution is 5.97. The Morgan fingerprint density at radius 1 is 0.864 bits per heavy atom. The normalized spacial score (nSPS) is 12.2. The number of nitrogens with zero attached hydrogens (tertiary/aromatic N) is 2. The molecule has 8 heteroatoms. The lowest BCUT2D eigenvalue weighted by atomic mass is 10.0. The molecule has 0 aliphatic rings. The molecule has 8 nitrogen and oxygen atoms in total. The molecular formula is C36H48N6O2. The van der Waals surface area contributed by atoms with Crippen LogP contribution in [0.25, 0.3) is 10.8 Å². The fraction of sp³-hybridized carbons (Fsp3) is 0.417. The third kappa shape index (κ3) is 10.3. The van der Waals surface area contributed by atoms with Gasteiger partial charge in [-0.2, -0.15) is 0 Å². The number of carbonyl (C=O) groups is 2. The van der Waals surface area contributed by atoms with Gasteiger partial charge in [-0.1, -0.05) is 82.3 Å². The molecule has 0 saturated heterocycles. The molecule has 0 unspecified atom stereocenters. The van der Waals surface area contributed by atoms with Crippen LogP contribution in [-0.2, 0) is 24.4 Å². The molecule has 0 spiro atoms. The third-order valence-corrected chi connectivity index (χ3v) is 7.56. The average Bonchev–Trinajstić information content (AvgIpc) is 3.52. The maximum absolute atomic E-state index is 13.6. The molecule has 1 atom stereocenters. The minimum atomic E-state index is -0.632. The van der Waals surface area contributed by atoms with Gasteiger partial charge in [-0.15, -0.1) is 0 Å². The van der Waals surface area contributed by atoms with E-state index in [0.717, 1.165) is 53.8 Å². The number of amides is 2. The van der Waals surface area contributed by atoms with Crippen LogP contribution in [0.5, 0.6) is 0 Å². The molecular weight excluding hydrogens is 548 g/mol. The van der Waals surface area contributed by atoms with Crippen molar-refractivity contribution in [1.82, 2.24) is 30.8 Å². The van der Waals surface area contributed by atoms with Crippen molar-refractivity contribution in [2.45, 2.75) is 66.2 Å². The van der Waals surface area contributed by atoms with E-state index in [0.29, 0.717) is 43.5 Å². The number of benzene rings is 3. The van der Waals surface area contributed by atoms with Crippen LogP contribution in [0.1, 0.15) is 67.8 Å². The Labute approximate surface area is 262 Å². The Kier molecular flexibility index (Phi) is 12.5. The number of imidazole rings is 1. The zero-order valence-corrected chi connectivity index (χ0v) is 26.6. The Balaban J connectivity index is 1.39. The van der Waals surface area contributed by atoms with E-state index in [4.69, 9.17) is 0 Å². The molecule has 1 heterocycles. The van der Waals surface area contributed by atoms with E-state index in [1.54, 1.807) is 12.4 Å². The summed E-state index contributed by atoms with van der Waals surface area (Å²) in [6, 6.07) is 21.2. The highest BCUT2D eigenvalue weighted by Crippen LogP contribution is 2.18. The van der Waals surface area contributed by atoms with Crippen LogP contribution in [0.3, 0.4) is 0 Å². The van der Waals surface area contributed by atoms with Gasteiger partial charge in [0.25, 0.3) is 5.91 Å². The van der Waals surface area contributed by atoms with E-state index < -0.39 is 6.04 Å². The van der Waals surface area contributed by atoms with Gasteiger partial charge in [0.05, 0.1) is 6.54 Å². The largest absolute Gasteiger partial charge is 0.350 e. The molecule has 0 aliphatic heterocycles. The average molecular weight is 597 g/mol. The summed E-state index contributed by atoms with van der Waals surface area (Å²) in [7, 11) is 0. The molecule has 4 rings (SSSR count). The van der Waals surface area contributed by atoms with Crippen molar-refractivity contribution in [2.24, 2.45) is 11.8 Å². The number of aromatic nitrogens is 2. The van der Waals surface area contributed by atoms with Crippen LogP contribution >= 0.6 is 0 Å². The summed E-state index contributed by atoms with van der Waals surface area (Å²) < 4.78 is 0. The minimum Gasteiger partial charge on any atom is -0.350 e. The summed E-state index contributed by atoms with van der Waals surface area (Å²) in [5.41, 5.74) is 2.65. The zero-order chi connectivity index (χ0) is 31.3. The summed E-state index contributed by atoms with van der Waals surface area (Å²) in [5, 5.41) is 11.8. The van der Waals surface area contributed by atoms with Crippen molar-refractivity contribution in [2.75, 3.05) is 19.6 Å². The number of nitrogens with one attached hydrogen (secondary N) is 4. The van der Waals surface area contributed by atoms with Crippen LogP contribution in [0.4, 0.5) is 0 Å². The molecule has 0 radical (unpaired) electrons. The smallest absolute Gasteiger partial charge is 0.251 e. The predicted molar refractivity (Wildman–Crippen MR) is 178 cm³/mol.